The highest BCUT2D eigenvalue weighted by Gasteiger charge is 2.24. The van der Waals surface area contributed by atoms with Gasteiger partial charge in [-0.25, -0.2) is 0 Å². The largest absolute Gasteiger partial charge is 0.455 e. The van der Waals surface area contributed by atoms with Crippen LogP contribution in [0, 0.1) is 0 Å². The first-order valence-corrected chi connectivity index (χ1v) is 5.52. The molecular formula is C13H12O6. The zero-order valence-electron chi connectivity index (χ0n) is 10.2. The minimum absolute atomic E-state index is 0.0704. The van der Waals surface area contributed by atoms with Crippen molar-refractivity contribution in [1.82, 2.24) is 0 Å². The van der Waals surface area contributed by atoms with Gasteiger partial charge in [-0.05, 0) is 24.3 Å². The van der Waals surface area contributed by atoms with Crippen molar-refractivity contribution in [1.29, 1.82) is 0 Å². The number of furan rings is 2. The quantitative estimate of drug-likeness (QED) is 0.629. The Morgan fingerprint density at radius 1 is 1.05 bits per heavy atom. The van der Waals surface area contributed by atoms with Crippen LogP contribution in [0.25, 0.3) is 0 Å². The van der Waals surface area contributed by atoms with Crippen molar-refractivity contribution in [2.75, 3.05) is 7.11 Å². The monoisotopic (exact) mass is 264 g/mol. The van der Waals surface area contributed by atoms with E-state index in [1.165, 1.54) is 25.3 Å². The molecule has 2 aromatic heterocycles. The lowest BCUT2D eigenvalue weighted by molar-refractivity contribution is 0.0778. The Balaban J connectivity index is 2.15. The summed E-state index contributed by atoms with van der Waals surface area (Å²) in [5, 5.41) is 8.83. The summed E-state index contributed by atoms with van der Waals surface area (Å²) < 4.78 is 15.0. The molecule has 0 aromatic carbocycles. The Morgan fingerprint density at radius 3 is 2.05 bits per heavy atom. The predicted octanol–water partition coefficient (Wildman–Crippen LogP) is 1.58. The van der Waals surface area contributed by atoms with Crippen molar-refractivity contribution in [3.63, 3.8) is 0 Å². The maximum atomic E-state index is 11.9. The maximum absolute atomic E-state index is 11.9. The summed E-state index contributed by atoms with van der Waals surface area (Å²) >= 11 is 0. The van der Waals surface area contributed by atoms with Crippen LogP contribution in [0.5, 0.6) is 0 Å². The third-order valence-corrected chi connectivity index (χ3v) is 2.42. The lowest BCUT2D eigenvalue weighted by Gasteiger charge is -1.95. The van der Waals surface area contributed by atoms with Gasteiger partial charge in [0.1, 0.15) is 24.7 Å². The van der Waals surface area contributed by atoms with Gasteiger partial charge >= 0.3 is 0 Å². The minimum Gasteiger partial charge on any atom is -0.455 e. The molecule has 0 aliphatic heterocycles. The number of methoxy groups -OCH3 is 1. The van der Waals surface area contributed by atoms with Gasteiger partial charge in [-0.2, -0.15) is 0 Å². The molecule has 0 bridgehead atoms. The standard InChI is InChI=1S/C13H12O6/c1-17-7-9-3-5-11(19-9)13(16)12(15)10-4-2-8(6-14)18-10/h2-5,14H,6-7H2,1H3. The summed E-state index contributed by atoms with van der Waals surface area (Å²) in [6.07, 6.45) is 0. The molecule has 0 saturated heterocycles. The van der Waals surface area contributed by atoms with E-state index < -0.39 is 11.6 Å². The number of aliphatic hydroxyl groups is 1. The third kappa shape index (κ3) is 2.81. The number of Topliss-reactive ketones (excluding diaryl/α,β-unsaturated/α-hetero) is 2. The van der Waals surface area contributed by atoms with E-state index in [1.54, 1.807) is 6.07 Å². The number of ether oxygens (including phenoxy) is 1. The molecule has 6 heteroatoms. The van der Waals surface area contributed by atoms with Crippen LogP contribution in [-0.4, -0.2) is 23.8 Å². The van der Waals surface area contributed by atoms with Crippen LogP contribution < -0.4 is 0 Å². The topological polar surface area (TPSA) is 89.9 Å². The molecule has 0 unspecified atom stereocenters. The van der Waals surface area contributed by atoms with Crippen LogP contribution in [0.4, 0.5) is 0 Å². The Bertz CT molecular complexity index is 592. The first-order chi connectivity index (χ1) is 9.15. The number of hydrogen-bond acceptors (Lipinski definition) is 6. The molecule has 6 nitrogen and oxygen atoms in total. The van der Waals surface area contributed by atoms with E-state index in [1.807, 2.05) is 0 Å². The van der Waals surface area contributed by atoms with E-state index >= 15 is 0 Å². The third-order valence-electron chi connectivity index (χ3n) is 2.42. The molecule has 2 heterocycles. The highest BCUT2D eigenvalue weighted by Crippen LogP contribution is 2.14. The zero-order valence-corrected chi connectivity index (χ0v) is 10.2. The highest BCUT2D eigenvalue weighted by atomic mass is 16.5. The summed E-state index contributed by atoms with van der Waals surface area (Å²) in [6, 6.07) is 5.74. The van der Waals surface area contributed by atoms with Crippen molar-refractivity contribution in [2.24, 2.45) is 0 Å². The van der Waals surface area contributed by atoms with Gasteiger partial charge in [-0.15, -0.1) is 0 Å². The Morgan fingerprint density at radius 2 is 1.58 bits per heavy atom. The molecule has 0 aliphatic carbocycles. The molecule has 0 radical (unpaired) electrons. The number of ketones is 2. The molecule has 0 atom stereocenters. The number of aliphatic hydroxyl groups excluding tert-OH is 1. The average Bonchev–Trinajstić information content (AvgIpc) is 3.06. The Labute approximate surface area is 108 Å². The fraction of sp³-hybridized carbons (Fsp3) is 0.231. The van der Waals surface area contributed by atoms with Gasteiger partial charge in [0.25, 0.3) is 11.6 Å². The molecule has 0 fully saturated rings. The first kappa shape index (κ1) is 13.3. The van der Waals surface area contributed by atoms with E-state index in [0.717, 1.165) is 0 Å². The predicted molar refractivity (Wildman–Crippen MR) is 62.7 cm³/mol. The van der Waals surface area contributed by atoms with Crippen molar-refractivity contribution in [3.05, 3.63) is 47.3 Å². The van der Waals surface area contributed by atoms with Gasteiger partial charge in [0.05, 0.1) is 0 Å². The van der Waals surface area contributed by atoms with Crippen LogP contribution >= 0.6 is 0 Å². The smallest absolute Gasteiger partial charge is 0.271 e. The second-order valence-corrected chi connectivity index (χ2v) is 3.78. The summed E-state index contributed by atoms with van der Waals surface area (Å²) in [7, 11) is 1.49. The Kier molecular flexibility index (Phi) is 3.94. The van der Waals surface area contributed by atoms with Crippen molar-refractivity contribution < 1.29 is 28.3 Å². The van der Waals surface area contributed by atoms with Gasteiger partial charge in [0.15, 0.2) is 11.5 Å². The highest BCUT2D eigenvalue weighted by molar-refractivity contribution is 6.47. The van der Waals surface area contributed by atoms with Gasteiger partial charge in [-0.1, -0.05) is 0 Å². The summed E-state index contributed by atoms with van der Waals surface area (Å²) in [6.45, 7) is -0.114. The second kappa shape index (κ2) is 5.64. The fourth-order valence-electron chi connectivity index (χ4n) is 1.53. The molecule has 0 aliphatic rings. The van der Waals surface area contributed by atoms with E-state index in [4.69, 9.17) is 18.7 Å². The van der Waals surface area contributed by atoms with Crippen molar-refractivity contribution in [3.8, 4) is 0 Å². The van der Waals surface area contributed by atoms with Crippen LogP contribution in [0.2, 0.25) is 0 Å². The van der Waals surface area contributed by atoms with Crippen LogP contribution in [0.1, 0.15) is 32.6 Å². The molecule has 19 heavy (non-hydrogen) atoms. The molecule has 2 rings (SSSR count). The fourth-order valence-corrected chi connectivity index (χ4v) is 1.53. The van der Waals surface area contributed by atoms with Gasteiger partial charge in [-0.3, -0.25) is 9.59 Å². The SMILES string of the molecule is COCc1ccc(C(=O)C(=O)c2ccc(CO)o2)o1. The molecule has 100 valence electrons. The van der Waals surface area contributed by atoms with E-state index in [9.17, 15) is 9.59 Å². The second-order valence-electron chi connectivity index (χ2n) is 3.78. The first-order valence-electron chi connectivity index (χ1n) is 5.52. The lowest BCUT2D eigenvalue weighted by atomic mass is 10.2. The van der Waals surface area contributed by atoms with Crippen LogP contribution in [0.3, 0.4) is 0 Å². The molecule has 0 spiro atoms. The number of carbonyl (C=O) groups excluding carboxylic acids is 2. The molecule has 0 saturated carbocycles. The summed E-state index contributed by atoms with van der Waals surface area (Å²) in [5.74, 6) is -1.15. The molecular weight excluding hydrogens is 252 g/mol. The van der Waals surface area contributed by atoms with E-state index in [2.05, 4.69) is 0 Å². The maximum Gasteiger partial charge on any atom is 0.271 e. The summed E-state index contributed by atoms with van der Waals surface area (Å²) in [4.78, 5) is 23.7. The molecule has 1 N–H and O–H groups in total. The molecule has 0 amide bonds. The zero-order chi connectivity index (χ0) is 13.8. The van der Waals surface area contributed by atoms with Gasteiger partial charge in [0.2, 0.25) is 0 Å². The average molecular weight is 264 g/mol. The van der Waals surface area contributed by atoms with Gasteiger partial charge in [0, 0.05) is 7.11 Å². The van der Waals surface area contributed by atoms with E-state index in [-0.39, 0.29) is 30.5 Å². The summed E-state index contributed by atoms with van der Waals surface area (Å²) in [5.41, 5.74) is 0. The Hall–Kier alpha value is -2.18. The number of rotatable bonds is 6. The van der Waals surface area contributed by atoms with Crippen molar-refractivity contribution >= 4 is 11.6 Å². The van der Waals surface area contributed by atoms with Gasteiger partial charge < -0.3 is 18.7 Å². The van der Waals surface area contributed by atoms with Crippen LogP contribution in [-0.2, 0) is 18.0 Å². The molecule has 2 aromatic rings. The number of carbonyl (C=O) groups is 2. The normalized spacial score (nSPS) is 10.6. The van der Waals surface area contributed by atoms with Crippen LogP contribution in [0.15, 0.2) is 33.1 Å². The van der Waals surface area contributed by atoms with Crippen molar-refractivity contribution in [2.45, 2.75) is 13.2 Å². The minimum atomic E-state index is -0.821. The number of hydrogen-bond donors (Lipinski definition) is 1. The lowest BCUT2D eigenvalue weighted by Crippen LogP contribution is -2.12. The van der Waals surface area contributed by atoms with E-state index in [0.29, 0.717) is 5.76 Å².